The third kappa shape index (κ3) is 3.34. The number of benzene rings is 3. The number of halogens is 2. The third-order valence-corrected chi connectivity index (χ3v) is 4.56. The Balaban J connectivity index is 1.66. The highest BCUT2D eigenvalue weighted by molar-refractivity contribution is 6.35. The lowest BCUT2D eigenvalue weighted by molar-refractivity contribution is 0.290. The van der Waals surface area contributed by atoms with Gasteiger partial charge in [0.25, 0.3) is 0 Å². The van der Waals surface area contributed by atoms with Crippen LogP contribution in [0, 0.1) is 5.82 Å². The summed E-state index contributed by atoms with van der Waals surface area (Å²) in [7, 11) is 1.58. The Kier molecular flexibility index (Phi) is 4.69. The number of nitrogens with zero attached hydrogens (tertiary/aromatic N) is 2. The van der Waals surface area contributed by atoms with E-state index in [0.717, 1.165) is 10.9 Å². The van der Waals surface area contributed by atoms with Crippen LogP contribution < -0.4 is 9.47 Å². The van der Waals surface area contributed by atoms with Crippen LogP contribution in [0.4, 0.5) is 4.39 Å². The standard InChI is InChI=1S/C21H16ClFN2O2/c1-26-19-10-8-17(22)21-16(19)12-24-25(21)15-7-9-20(18(23)11-15)27-13-14-5-3-2-4-6-14/h2-12H,13H2,1H3. The molecule has 0 unspecified atom stereocenters. The van der Waals surface area contributed by atoms with Crippen molar-refractivity contribution in [1.82, 2.24) is 9.78 Å². The van der Waals surface area contributed by atoms with Gasteiger partial charge in [0.1, 0.15) is 12.4 Å². The molecule has 0 spiro atoms. The van der Waals surface area contributed by atoms with Crippen molar-refractivity contribution in [3.8, 4) is 17.2 Å². The van der Waals surface area contributed by atoms with Crippen molar-refractivity contribution in [2.24, 2.45) is 0 Å². The topological polar surface area (TPSA) is 36.3 Å². The number of hydrogen-bond donors (Lipinski definition) is 0. The van der Waals surface area contributed by atoms with E-state index in [1.54, 1.807) is 42.3 Å². The Morgan fingerprint density at radius 3 is 2.56 bits per heavy atom. The molecule has 0 bridgehead atoms. The fourth-order valence-corrected chi connectivity index (χ4v) is 3.17. The Labute approximate surface area is 160 Å². The molecule has 27 heavy (non-hydrogen) atoms. The fourth-order valence-electron chi connectivity index (χ4n) is 2.92. The molecule has 136 valence electrons. The lowest BCUT2D eigenvalue weighted by Gasteiger charge is -2.10. The minimum absolute atomic E-state index is 0.183. The van der Waals surface area contributed by atoms with Crippen molar-refractivity contribution >= 4 is 22.5 Å². The Bertz CT molecular complexity index is 1100. The first-order chi connectivity index (χ1) is 13.2. The maximum atomic E-state index is 14.6. The second kappa shape index (κ2) is 7.29. The molecule has 1 aromatic heterocycles. The number of aromatic nitrogens is 2. The molecule has 0 N–H and O–H groups in total. The van der Waals surface area contributed by atoms with Crippen molar-refractivity contribution in [1.29, 1.82) is 0 Å². The molecule has 4 rings (SSSR count). The van der Waals surface area contributed by atoms with E-state index in [1.807, 2.05) is 30.3 Å². The van der Waals surface area contributed by atoms with E-state index in [4.69, 9.17) is 21.1 Å². The van der Waals surface area contributed by atoms with Gasteiger partial charge in [0.2, 0.25) is 0 Å². The summed E-state index contributed by atoms with van der Waals surface area (Å²) in [6.45, 7) is 0.296. The summed E-state index contributed by atoms with van der Waals surface area (Å²) in [6.07, 6.45) is 1.65. The van der Waals surface area contributed by atoms with Crippen LogP contribution in [0.25, 0.3) is 16.6 Å². The number of hydrogen-bond acceptors (Lipinski definition) is 3. The van der Waals surface area contributed by atoms with Crippen LogP contribution in [0.3, 0.4) is 0 Å². The molecule has 4 aromatic rings. The normalized spacial score (nSPS) is 10.9. The van der Waals surface area contributed by atoms with Crippen molar-refractivity contribution < 1.29 is 13.9 Å². The molecule has 1 heterocycles. The molecular formula is C21H16ClFN2O2. The molecule has 0 saturated heterocycles. The minimum atomic E-state index is -0.467. The Hall–Kier alpha value is -3.05. The molecule has 0 atom stereocenters. The SMILES string of the molecule is COc1ccc(Cl)c2c1cnn2-c1ccc(OCc2ccccc2)c(F)c1. The van der Waals surface area contributed by atoms with Crippen LogP contribution in [0.15, 0.2) is 66.9 Å². The molecule has 0 aliphatic rings. The van der Waals surface area contributed by atoms with E-state index in [0.29, 0.717) is 28.6 Å². The average molecular weight is 383 g/mol. The number of fused-ring (bicyclic) bond motifs is 1. The molecule has 0 amide bonds. The van der Waals surface area contributed by atoms with Crippen molar-refractivity contribution in [3.05, 3.63) is 83.3 Å². The highest BCUT2D eigenvalue weighted by Gasteiger charge is 2.14. The lowest BCUT2D eigenvalue weighted by Crippen LogP contribution is -2.01. The van der Waals surface area contributed by atoms with Crippen molar-refractivity contribution in [3.63, 3.8) is 0 Å². The highest BCUT2D eigenvalue weighted by Crippen LogP contribution is 2.33. The first kappa shape index (κ1) is 17.4. The Morgan fingerprint density at radius 1 is 1.04 bits per heavy atom. The van der Waals surface area contributed by atoms with Crippen LogP contribution >= 0.6 is 11.6 Å². The quantitative estimate of drug-likeness (QED) is 0.463. The van der Waals surface area contributed by atoms with Gasteiger partial charge in [0.15, 0.2) is 11.6 Å². The van der Waals surface area contributed by atoms with Gasteiger partial charge in [0, 0.05) is 6.07 Å². The van der Waals surface area contributed by atoms with Crippen LogP contribution in [-0.4, -0.2) is 16.9 Å². The number of methoxy groups -OCH3 is 1. The van der Waals surface area contributed by atoms with Gasteiger partial charge in [-0.15, -0.1) is 0 Å². The van der Waals surface area contributed by atoms with E-state index in [1.165, 1.54) is 6.07 Å². The van der Waals surface area contributed by atoms with Gasteiger partial charge in [-0.3, -0.25) is 0 Å². The highest BCUT2D eigenvalue weighted by atomic mass is 35.5. The zero-order chi connectivity index (χ0) is 18.8. The van der Waals surface area contributed by atoms with Gasteiger partial charge < -0.3 is 9.47 Å². The van der Waals surface area contributed by atoms with Crippen molar-refractivity contribution in [2.45, 2.75) is 6.61 Å². The van der Waals surface area contributed by atoms with Crippen molar-refractivity contribution in [2.75, 3.05) is 7.11 Å². The second-order valence-corrected chi connectivity index (χ2v) is 6.36. The minimum Gasteiger partial charge on any atom is -0.496 e. The molecular weight excluding hydrogens is 367 g/mol. The van der Waals surface area contributed by atoms with E-state index in [9.17, 15) is 4.39 Å². The summed E-state index contributed by atoms with van der Waals surface area (Å²) >= 11 is 6.34. The van der Waals surface area contributed by atoms with Gasteiger partial charge in [-0.25, -0.2) is 9.07 Å². The molecule has 6 heteroatoms. The smallest absolute Gasteiger partial charge is 0.167 e. The molecule has 3 aromatic carbocycles. The number of ether oxygens (including phenoxy) is 2. The summed E-state index contributed by atoms with van der Waals surface area (Å²) in [5, 5.41) is 5.61. The monoisotopic (exact) mass is 382 g/mol. The molecule has 0 saturated carbocycles. The van der Waals surface area contributed by atoms with Crippen LogP contribution in [-0.2, 0) is 6.61 Å². The summed E-state index contributed by atoms with van der Waals surface area (Å²) < 4.78 is 27.1. The molecule has 0 aliphatic heterocycles. The van der Waals surface area contributed by atoms with Gasteiger partial charge in [-0.2, -0.15) is 5.10 Å². The second-order valence-electron chi connectivity index (χ2n) is 5.96. The summed E-state index contributed by atoms with van der Waals surface area (Å²) in [5.74, 6) is 0.373. The summed E-state index contributed by atoms with van der Waals surface area (Å²) in [6, 6.07) is 17.8. The summed E-state index contributed by atoms with van der Waals surface area (Å²) in [5.41, 5.74) is 2.18. The first-order valence-corrected chi connectivity index (χ1v) is 8.72. The maximum Gasteiger partial charge on any atom is 0.167 e. The molecule has 0 fully saturated rings. The Morgan fingerprint density at radius 2 is 1.81 bits per heavy atom. The van der Waals surface area contributed by atoms with Gasteiger partial charge in [-0.1, -0.05) is 41.9 Å². The zero-order valence-corrected chi connectivity index (χ0v) is 15.3. The van der Waals surface area contributed by atoms with Gasteiger partial charge >= 0.3 is 0 Å². The van der Waals surface area contributed by atoms with Gasteiger partial charge in [-0.05, 0) is 29.8 Å². The molecule has 0 aliphatic carbocycles. The molecule has 4 nitrogen and oxygen atoms in total. The molecule has 0 radical (unpaired) electrons. The largest absolute Gasteiger partial charge is 0.496 e. The van der Waals surface area contributed by atoms with E-state index in [-0.39, 0.29) is 5.75 Å². The summed E-state index contributed by atoms with van der Waals surface area (Å²) in [4.78, 5) is 0. The zero-order valence-electron chi connectivity index (χ0n) is 14.5. The fraction of sp³-hybridized carbons (Fsp3) is 0.0952. The van der Waals surface area contributed by atoms with Gasteiger partial charge in [0.05, 0.1) is 34.9 Å². The van der Waals surface area contributed by atoms with Crippen LogP contribution in [0.2, 0.25) is 5.02 Å². The predicted octanol–water partition coefficient (Wildman–Crippen LogP) is 5.41. The van der Waals surface area contributed by atoms with E-state index >= 15 is 0 Å². The van der Waals surface area contributed by atoms with E-state index in [2.05, 4.69) is 5.10 Å². The predicted molar refractivity (Wildman–Crippen MR) is 103 cm³/mol. The van der Waals surface area contributed by atoms with E-state index < -0.39 is 5.82 Å². The van der Waals surface area contributed by atoms with Crippen LogP contribution in [0.1, 0.15) is 5.56 Å². The number of rotatable bonds is 5. The third-order valence-electron chi connectivity index (χ3n) is 4.26. The average Bonchev–Trinajstić information content (AvgIpc) is 3.14. The van der Waals surface area contributed by atoms with Crippen LogP contribution in [0.5, 0.6) is 11.5 Å². The first-order valence-electron chi connectivity index (χ1n) is 8.34. The maximum absolute atomic E-state index is 14.6. The lowest BCUT2D eigenvalue weighted by atomic mass is 10.2.